The minimum atomic E-state index is -3.24. The Morgan fingerprint density at radius 2 is 0.954 bits per heavy atom. The van der Waals surface area contributed by atoms with Gasteiger partial charge < -0.3 is 37.2 Å². The number of hydrogen-bond donors (Lipinski definition) is 6. The lowest BCUT2D eigenvalue weighted by molar-refractivity contribution is -0.119. The van der Waals surface area contributed by atoms with E-state index in [2.05, 4.69) is 30.5 Å². The van der Waals surface area contributed by atoms with Crippen LogP contribution in [0.3, 0.4) is 0 Å². The number of carbonyl (C=O) groups is 3. The summed E-state index contributed by atoms with van der Waals surface area (Å²) in [5.41, 5.74) is 20.1. The molecule has 2 heterocycles. The molecule has 8 N–H and O–H groups in total. The number of nitrogens with two attached hydrogens (primary N) is 2. The lowest BCUT2D eigenvalue weighted by atomic mass is 10.0. The molecule has 2 fully saturated rings. The molecule has 16 heteroatoms. The number of anilines is 6. The van der Waals surface area contributed by atoms with Gasteiger partial charge in [0.05, 0.1) is 29.0 Å². The number of sulfonamides is 1. The monoisotopic (exact) mass is 900 g/mol. The highest BCUT2D eigenvalue weighted by Crippen LogP contribution is 2.30. The van der Waals surface area contributed by atoms with Gasteiger partial charge in [0, 0.05) is 67.7 Å². The summed E-state index contributed by atoms with van der Waals surface area (Å²) in [6.45, 7) is 4.43. The smallest absolute Gasteiger partial charge is 0.255 e. The fraction of sp³-hybridized carbons (Fsp3) is 0.204. The number of carbonyl (C=O) groups excluding carboxylic acids is 3. The molecule has 65 heavy (non-hydrogen) atoms. The minimum Gasteiger partial charge on any atom is -0.397 e. The molecule has 0 radical (unpaired) electrons. The molecule has 2 atom stereocenters. The van der Waals surface area contributed by atoms with Crippen molar-refractivity contribution in [1.82, 2.24) is 10.0 Å². The highest BCUT2D eigenvalue weighted by Gasteiger charge is 2.26. The van der Waals surface area contributed by atoms with Crippen LogP contribution in [0, 0.1) is 11.6 Å². The summed E-state index contributed by atoms with van der Waals surface area (Å²) in [5.74, 6) is -1.21. The van der Waals surface area contributed by atoms with Gasteiger partial charge in [0.15, 0.2) is 0 Å². The Balaban J connectivity index is 0.000000194. The van der Waals surface area contributed by atoms with Crippen LogP contribution in [0.25, 0.3) is 22.3 Å². The molecule has 0 bridgehead atoms. The highest BCUT2D eigenvalue weighted by atomic mass is 32.2. The van der Waals surface area contributed by atoms with E-state index in [0.717, 1.165) is 72.4 Å². The second kappa shape index (κ2) is 20.0. The summed E-state index contributed by atoms with van der Waals surface area (Å²) in [4.78, 5) is 41.1. The molecule has 13 nitrogen and oxygen atoms in total. The van der Waals surface area contributed by atoms with Gasteiger partial charge in [0.1, 0.15) is 11.6 Å². The van der Waals surface area contributed by atoms with Gasteiger partial charge in [-0.1, -0.05) is 36.4 Å². The topological polar surface area (TPSA) is 192 Å². The fourth-order valence-electron chi connectivity index (χ4n) is 7.80. The number of nitrogens with one attached hydrogen (secondary N) is 4. The molecule has 2 aliphatic heterocycles. The zero-order valence-corrected chi connectivity index (χ0v) is 36.7. The maximum absolute atomic E-state index is 13.2. The predicted molar refractivity (Wildman–Crippen MR) is 254 cm³/mol. The number of nitrogen functional groups attached to an aromatic ring is 2. The summed E-state index contributed by atoms with van der Waals surface area (Å²) in [6, 6.07) is 37.4. The Morgan fingerprint density at radius 3 is 1.35 bits per heavy atom. The largest absolute Gasteiger partial charge is 0.397 e. The van der Waals surface area contributed by atoms with Crippen molar-refractivity contribution in [3.8, 4) is 22.3 Å². The van der Waals surface area contributed by atoms with Crippen molar-refractivity contribution in [3.63, 3.8) is 0 Å². The quantitative estimate of drug-likeness (QED) is 0.0715. The summed E-state index contributed by atoms with van der Waals surface area (Å²) >= 11 is 0. The Hall–Kier alpha value is -7.30. The van der Waals surface area contributed by atoms with Gasteiger partial charge in [-0.15, -0.1) is 0 Å². The van der Waals surface area contributed by atoms with Gasteiger partial charge in [-0.25, -0.2) is 21.9 Å². The van der Waals surface area contributed by atoms with Gasteiger partial charge in [-0.3, -0.25) is 14.4 Å². The lowest BCUT2D eigenvalue weighted by Crippen LogP contribution is -2.36. The Labute approximate surface area is 376 Å². The van der Waals surface area contributed by atoms with E-state index in [-0.39, 0.29) is 41.4 Å². The second-order valence-corrected chi connectivity index (χ2v) is 17.9. The zero-order valence-electron chi connectivity index (χ0n) is 35.9. The third-order valence-corrected chi connectivity index (χ3v) is 11.9. The molecule has 336 valence electrons. The molecule has 8 rings (SSSR count). The number of rotatable bonds is 11. The molecular weight excluding hydrogens is 851 g/mol. The van der Waals surface area contributed by atoms with Gasteiger partial charge in [-0.05, 0) is 132 Å². The third-order valence-electron chi connectivity index (χ3n) is 11.1. The van der Waals surface area contributed by atoms with Crippen molar-refractivity contribution in [1.29, 1.82) is 0 Å². The van der Waals surface area contributed by atoms with Crippen LogP contribution in [0.15, 0.2) is 133 Å². The molecular formula is C49H50F2N8O5S. The van der Waals surface area contributed by atoms with Crippen LogP contribution in [-0.2, 0) is 14.8 Å². The summed E-state index contributed by atoms with van der Waals surface area (Å²) in [5, 5.41) is 8.66. The number of hydrogen-bond acceptors (Lipinski definition) is 9. The molecule has 2 saturated heterocycles. The molecule has 0 saturated carbocycles. The van der Waals surface area contributed by atoms with Crippen molar-refractivity contribution in [3.05, 3.63) is 156 Å². The Kier molecular flexibility index (Phi) is 14.1. The van der Waals surface area contributed by atoms with E-state index in [4.69, 9.17) is 11.5 Å². The average molecular weight is 901 g/mol. The van der Waals surface area contributed by atoms with Crippen molar-refractivity contribution in [2.24, 2.45) is 0 Å². The van der Waals surface area contributed by atoms with Crippen molar-refractivity contribution >= 4 is 61.9 Å². The van der Waals surface area contributed by atoms with E-state index in [1.165, 1.54) is 31.2 Å². The molecule has 0 aromatic heterocycles. The molecule has 0 unspecified atom stereocenters. The van der Waals surface area contributed by atoms with E-state index in [9.17, 15) is 31.6 Å². The van der Waals surface area contributed by atoms with Crippen LogP contribution in [0.1, 0.15) is 40.5 Å². The van der Waals surface area contributed by atoms with Crippen molar-refractivity contribution in [2.75, 3.05) is 64.3 Å². The predicted octanol–water partition coefficient (Wildman–Crippen LogP) is 7.50. The van der Waals surface area contributed by atoms with Gasteiger partial charge in [-0.2, -0.15) is 0 Å². The molecule has 2 aliphatic rings. The Bertz CT molecular complexity index is 2780. The Morgan fingerprint density at radius 1 is 0.569 bits per heavy atom. The normalized spacial score (nSPS) is 15.8. The first-order valence-corrected chi connectivity index (χ1v) is 22.8. The van der Waals surface area contributed by atoms with E-state index in [1.54, 1.807) is 72.8 Å². The summed E-state index contributed by atoms with van der Waals surface area (Å²) < 4.78 is 51.9. The average Bonchev–Trinajstić information content (AvgIpc) is 3.95. The minimum absolute atomic E-state index is 0.0216. The SMILES string of the molecule is CC(=O)N[C@@H]1CCN(c2ccc(C(=O)Nc3cc(-c4ccc(F)cc4)ccc3N)cc2)C1.CS(=O)(=O)N[C@@H]1CCN(c2ccc(C(=O)Nc3cc(-c4ccc(F)cc4)ccc3N)cc2)C1. The molecule has 6 aromatic rings. The first-order valence-electron chi connectivity index (χ1n) is 20.9. The first-order chi connectivity index (χ1) is 31.1. The van der Waals surface area contributed by atoms with Crippen LogP contribution in [-0.4, -0.2) is 70.7 Å². The number of amides is 3. The van der Waals surface area contributed by atoms with E-state index < -0.39 is 10.0 Å². The number of nitrogens with zero attached hydrogens (tertiary/aromatic N) is 2. The van der Waals surface area contributed by atoms with Crippen LogP contribution >= 0.6 is 0 Å². The number of benzene rings is 6. The zero-order chi connectivity index (χ0) is 46.3. The maximum atomic E-state index is 13.2. The van der Waals surface area contributed by atoms with Crippen molar-refractivity contribution in [2.45, 2.75) is 31.8 Å². The molecule has 6 aromatic carbocycles. The second-order valence-electron chi connectivity index (χ2n) is 16.1. The van der Waals surface area contributed by atoms with E-state index >= 15 is 0 Å². The van der Waals surface area contributed by atoms with Crippen LogP contribution < -0.4 is 41.9 Å². The highest BCUT2D eigenvalue weighted by molar-refractivity contribution is 7.88. The fourth-order valence-corrected chi connectivity index (χ4v) is 8.60. The standard InChI is InChI=1S/C25H25FN4O2.C24H25FN4O3S/c1-16(31)28-21-12-13-30(15-21)22-9-4-18(5-10-22)25(32)29-24-14-19(6-11-23(24)27)17-2-7-20(26)8-3-17;1-33(31,32)28-20-12-13-29(15-20)21-9-4-17(5-10-21)24(30)27-23-14-18(6-11-22(23)26)16-2-7-19(25)8-3-16/h2-11,14,21H,12-13,15,27H2,1H3,(H,28,31)(H,29,32);2-11,14,20,28H,12-13,15,26H2,1H3,(H,27,30)/t21-;20-/m11/s1. The van der Waals surface area contributed by atoms with Crippen molar-refractivity contribution < 1.29 is 31.6 Å². The molecule has 3 amide bonds. The first kappa shape index (κ1) is 45.7. The van der Waals surface area contributed by atoms with Gasteiger partial charge in [0.25, 0.3) is 11.8 Å². The van der Waals surface area contributed by atoms with Crippen LogP contribution in [0.2, 0.25) is 0 Å². The molecule has 0 spiro atoms. The van der Waals surface area contributed by atoms with Crippen LogP contribution in [0.5, 0.6) is 0 Å². The van der Waals surface area contributed by atoms with Crippen LogP contribution in [0.4, 0.5) is 42.9 Å². The summed E-state index contributed by atoms with van der Waals surface area (Å²) in [7, 11) is -3.24. The number of halogens is 2. The lowest BCUT2D eigenvalue weighted by Gasteiger charge is -2.19. The van der Waals surface area contributed by atoms with E-state index in [1.807, 2.05) is 36.4 Å². The van der Waals surface area contributed by atoms with Gasteiger partial charge >= 0.3 is 0 Å². The summed E-state index contributed by atoms with van der Waals surface area (Å²) in [6.07, 6.45) is 2.77. The third kappa shape index (κ3) is 12.2. The maximum Gasteiger partial charge on any atom is 0.255 e. The van der Waals surface area contributed by atoms with Gasteiger partial charge in [0.2, 0.25) is 15.9 Å². The molecule has 0 aliphatic carbocycles. The van der Waals surface area contributed by atoms with E-state index in [0.29, 0.717) is 40.4 Å².